The number of anilines is 1. The second-order valence-electron chi connectivity index (χ2n) is 5.16. The zero-order chi connectivity index (χ0) is 15.3. The number of rotatable bonds is 7. The fourth-order valence-corrected chi connectivity index (χ4v) is 3.50. The van der Waals surface area contributed by atoms with E-state index in [2.05, 4.69) is 20.0 Å². The van der Waals surface area contributed by atoms with E-state index in [9.17, 15) is 8.42 Å². The van der Waals surface area contributed by atoms with Crippen LogP contribution < -0.4 is 10.0 Å². The quantitative estimate of drug-likeness (QED) is 0.784. The maximum absolute atomic E-state index is 12.3. The number of hydrogen-bond donors (Lipinski definition) is 2. The molecule has 8 heteroatoms. The lowest BCUT2D eigenvalue weighted by Crippen LogP contribution is -2.33. The van der Waals surface area contributed by atoms with Crippen LogP contribution in [0.4, 0.5) is 5.95 Å². The molecule has 2 N–H and O–H groups in total. The molecule has 21 heavy (non-hydrogen) atoms. The van der Waals surface area contributed by atoms with Crippen LogP contribution in [0.3, 0.4) is 0 Å². The molecule has 0 bridgehead atoms. The summed E-state index contributed by atoms with van der Waals surface area (Å²) in [7, 11) is -1.92. The fourth-order valence-electron chi connectivity index (χ4n) is 2.33. The van der Waals surface area contributed by atoms with E-state index >= 15 is 0 Å². The van der Waals surface area contributed by atoms with Gasteiger partial charge in [-0.15, -0.1) is 0 Å². The standard InChI is InChI=1S/C13H22N4O3S/c1-3-6-14-13-15-8-12(9-16-13)21(18,19)17-10-4-5-11(7-10)20-2/h8-11,17H,3-7H2,1-2H3,(H,14,15,16). The van der Waals surface area contributed by atoms with Gasteiger partial charge in [0.05, 0.1) is 18.5 Å². The third kappa shape index (κ3) is 4.36. The van der Waals surface area contributed by atoms with E-state index in [4.69, 9.17) is 4.74 Å². The van der Waals surface area contributed by atoms with Gasteiger partial charge in [0.1, 0.15) is 4.90 Å². The molecule has 1 aromatic rings. The van der Waals surface area contributed by atoms with E-state index in [1.54, 1.807) is 7.11 Å². The van der Waals surface area contributed by atoms with Gasteiger partial charge in [-0.25, -0.2) is 23.1 Å². The molecule has 2 rings (SSSR count). The first-order valence-electron chi connectivity index (χ1n) is 7.16. The Hall–Kier alpha value is -1.25. The molecule has 0 saturated heterocycles. The molecular formula is C13H22N4O3S. The molecule has 1 fully saturated rings. The van der Waals surface area contributed by atoms with Crippen molar-refractivity contribution in [2.24, 2.45) is 0 Å². The van der Waals surface area contributed by atoms with E-state index in [1.807, 2.05) is 6.92 Å². The Labute approximate surface area is 125 Å². The van der Waals surface area contributed by atoms with Crippen LogP contribution in [0.1, 0.15) is 32.6 Å². The van der Waals surface area contributed by atoms with Gasteiger partial charge in [-0.3, -0.25) is 0 Å². The van der Waals surface area contributed by atoms with Crippen molar-refractivity contribution in [2.45, 2.75) is 49.6 Å². The molecule has 2 unspecified atom stereocenters. The van der Waals surface area contributed by atoms with E-state index in [-0.39, 0.29) is 17.0 Å². The van der Waals surface area contributed by atoms with Gasteiger partial charge in [0.25, 0.3) is 0 Å². The average molecular weight is 314 g/mol. The highest BCUT2D eigenvalue weighted by molar-refractivity contribution is 7.89. The first-order chi connectivity index (χ1) is 10.0. The summed E-state index contributed by atoms with van der Waals surface area (Å²) >= 11 is 0. The lowest BCUT2D eigenvalue weighted by Gasteiger charge is -2.13. The molecule has 118 valence electrons. The van der Waals surface area contributed by atoms with Crippen molar-refractivity contribution in [1.82, 2.24) is 14.7 Å². The summed E-state index contributed by atoms with van der Waals surface area (Å²) in [4.78, 5) is 8.13. The molecule has 0 radical (unpaired) electrons. The third-order valence-corrected chi connectivity index (χ3v) is 4.99. The Balaban J connectivity index is 1.99. The predicted octanol–water partition coefficient (Wildman–Crippen LogP) is 1.14. The van der Waals surface area contributed by atoms with Crippen molar-refractivity contribution in [3.05, 3.63) is 12.4 Å². The topological polar surface area (TPSA) is 93.2 Å². The monoisotopic (exact) mass is 314 g/mol. The normalized spacial score (nSPS) is 22.4. The first kappa shape index (κ1) is 16.1. The summed E-state index contributed by atoms with van der Waals surface area (Å²) in [5, 5.41) is 3.01. The van der Waals surface area contributed by atoms with Crippen LogP contribution in [0.15, 0.2) is 17.3 Å². The molecule has 1 aliphatic rings. The Morgan fingerprint density at radius 3 is 2.62 bits per heavy atom. The summed E-state index contributed by atoms with van der Waals surface area (Å²) in [5.41, 5.74) is 0. The smallest absolute Gasteiger partial charge is 0.243 e. The maximum atomic E-state index is 12.3. The molecule has 0 spiro atoms. The highest BCUT2D eigenvalue weighted by Crippen LogP contribution is 2.23. The Kier molecular flexibility index (Phi) is 5.49. The van der Waals surface area contributed by atoms with E-state index in [1.165, 1.54) is 12.4 Å². The molecule has 1 aliphatic carbocycles. The minimum atomic E-state index is -3.57. The van der Waals surface area contributed by atoms with Gasteiger partial charge in [-0.05, 0) is 25.7 Å². The van der Waals surface area contributed by atoms with E-state index in [0.717, 1.165) is 25.8 Å². The van der Waals surface area contributed by atoms with Crippen molar-refractivity contribution in [1.29, 1.82) is 0 Å². The SMILES string of the molecule is CCCNc1ncc(S(=O)(=O)NC2CCC(OC)C2)cn1. The molecule has 0 amide bonds. The number of nitrogens with one attached hydrogen (secondary N) is 2. The molecule has 1 aromatic heterocycles. The molecular weight excluding hydrogens is 292 g/mol. The minimum Gasteiger partial charge on any atom is -0.381 e. The highest BCUT2D eigenvalue weighted by atomic mass is 32.2. The van der Waals surface area contributed by atoms with Gasteiger partial charge in [-0.1, -0.05) is 6.92 Å². The van der Waals surface area contributed by atoms with Crippen molar-refractivity contribution in [2.75, 3.05) is 19.0 Å². The maximum Gasteiger partial charge on any atom is 0.243 e. The molecule has 1 saturated carbocycles. The Morgan fingerprint density at radius 2 is 2.05 bits per heavy atom. The number of methoxy groups -OCH3 is 1. The second-order valence-corrected chi connectivity index (χ2v) is 6.87. The number of nitrogens with zero attached hydrogens (tertiary/aromatic N) is 2. The fraction of sp³-hybridized carbons (Fsp3) is 0.692. The van der Waals surface area contributed by atoms with E-state index < -0.39 is 10.0 Å². The summed E-state index contributed by atoms with van der Waals surface area (Å²) in [6, 6.07) is -0.0853. The minimum absolute atomic E-state index is 0.0853. The zero-order valence-electron chi connectivity index (χ0n) is 12.4. The molecule has 0 aliphatic heterocycles. The predicted molar refractivity (Wildman–Crippen MR) is 79.6 cm³/mol. The molecule has 0 aromatic carbocycles. The van der Waals surface area contributed by atoms with Crippen LogP contribution in [-0.2, 0) is 14.8 Å². The molecule has 2 atom stereocenters. The van der Waals surface area contributed by atoms with Crippen molar-refractivity contribution >= 4 is 16.0 Å². The van der Waals surface area contributed by atoms with Crippen molar-refractivity contribution in [3.63, 3.8) is 0 Å². The van der Waals surface area contributed by atoms with E-state index in [0.29, 0.717) is 12.4 Å². The van der Waals surface area contributed by atoms with Gasteiger partial charge >= 0.3 is 0 Å². The van der Waals surface area contributed by atoms with Crippen LogP contribution in [0.5, 0.6) is 0 Å². The Morgan fingerprint density at radius 1 is 1.33 bits per heavy atom. The highest BCUT2D eigenvalue weighted by Gasteiger charge is 2.28. The zero-order valence-corrected chi connectivity index (χ0v) is 13.2. The lowest BCUT2D eigenvalue weighted by molar-refractivity contribution is 0.107. The van der Waals surface area contributed by atoms with Crippen LogP contribution in [-0.4, -0.2) is 44.2 Å². The van der Waals surface area contributed by atoms with Crippen molar-refractivity contribution < 1.29 is 13.2 Å². The van der Waals surface area contributed by atoms with Crippen LogP contribution >= 0.6 is 0 Å². The van der Waals surface area contributed by atoms with Gasteiger partial charge in [0.15, 0.2) is 0 Å². The molecule has 7 nitrogen and oxygen atoms in total. The molecule has 1 heterocycles. The Bertz CT molecular complexity index is 547. The average Bonchev–Trinajstić information content (AvgIpc) is 2.92. The first-order valence-corrected chi connectivity index (χ1v) is 8.64. The third-order valence-electron chi connectivity index (χ3n) is 3.51. The van der Waals surface area contributed by atoms with Crippen LogP contribution in [0.25, 0.3) is 0 Å². The number of sulfonamides is 1. The van der Waals surface area contributed by atoms with Crippen LogP contribution in [0, 0.1) is 0 Å². The van der Waals surface area contributed by atoms with Crippen LogP contribution in [0.2, 0.25) is 0 Å². The van der Waals surface area contributed by atoms with Gasteiger partial charge in [-0.2, -0.15) is 0 Å². The largest absolute Gasteiger partial charge is 0.381 e. The second kappa shape index (κ2) is 7.15. The summed E-state index contributed by atoms with van der Waals surface area (Å²) in [5.74, 6) is 0.441. The van der Waals surface area contributed by atoms with Gasteiger partial charge in [0.2, 0.25) is 16.0 Å². The van der Waals surface area contributed by atoms with Gasteiger partial charge in [0, 0.05) is 19.7 Å². The lowest BCUT2D eigenvalue weighted by atomic mass is 10.3. The summed E-state index contributed by atoms with van der Waals surface area (Å²) in [6.07, 6.45) is 6.11. The number of hydrogen-bond acceptors (Lipinski definition) is 6. The summed E-state index contributed by atoms with van der Waals surface area (Å²) < 4.78 is 32.4. The number of aromatic nitrogens is 2. The number of ether oxygens (including phenoxy) is 1. The van der Waals surface area contributed by atoms with Gasteiger partial charge < -0.3 is 10.1 Å². The summed E-state index contributed by atoms with van der Waals surface area (Å²) in [6.45, 7) is 2.79. The van der Waals surface area contributed by atoms with Crippen molar-refractivity contribution in [3.8, 4) is 0 Å².